The molecule has 0 bridgehead atoms. The third kappa shape index (κ3) is 5.18. The topological polar surface area (TPSA) is 86.2 Å². The fourth-order valence-electron chi connectivity index (χ4n) is 6.60. The van der Waals surface area contributed by atoms with Crippen molar-refractivity contribution in [2.75, 3.05) is 13.1 Å². The Morgan fingerprint density at radius 3 is 2.75 bits per heavy atom. The zero-order chi connectivity index (χ0) is 22.1. The standard InChI is InChI=1S/C24H40ClFN6/c25-19-11-17(5-6-20(19)26)30-24-18-10-14(15-4-8-22(27)29-13-15)3-7-21(18)31-23(32-24)16-2-1-9-28-12-16/h13-14,16-18,21-24,28-32H,1-12,27H2. The van der Waals surface area contributed by atoms with E-state index in [9.17, 15) is 4.39 Å². The van der Waals surface area contributed by atoms with Crippen molar-refractivity contribution in [3.63, 3.8) is 0 Å². The number of halogens is 2. The molecule has 6 nitrogen and oxygen atoms in total. The summed E-state index contributed by atoms with van der Waals surface area (Å²) in [5.74, 6) is 1.60. The molecule has 5 aliphatic rings. The number of rotatable bonds is 4. The first-order valence-corrected chi connectivity index (χ1v) is 13.2. The molecule has 2 aliphatic carbocycles. The summed E-state index contributed by atoms with van der Waals surface area (Å²) >= 11 is 6.20. The molecule has 3 heterocycles. The molecule has 3 aliphatic heterocycles. The van der Waals surface area contributed by atoms with Crippen LogP contribution in [0.1, 0.15) is 64.2 Å². The SMILES string of the molecule is NC1CCC(C2CCC3NC(C4CCCNC4)NC(NC4CCC(F)=C(Cl)C4)C3C2)=CN1. The van der Waals surface area contributed by atoms with Gasteiger partial charge in [0, 0.05) is 37.4 Å². The lowest BCUT2D eigenvalue weighted by atomic mass is 9.71. The fraction of sp³-hybridized carbons (Fsp3) is 0.833. The van der Waals surface area contributed by atoms with Crippen molar-refractivity contribution in [1.29, 1.82) is 0 Å². The monoisotopic (exact) mass is 466 g/mol. The Balaban J connectivity index is 1.30. The Labute approximate surface area is 196 Å². The van der Waals surface area contributed by atoms with Crippen LogP contribution in [0.3, 0.4) is 0 Å². The zero-order valence-corrected chi connectivity index (χ0v) is 19.8. The van der Waals surface area contributed by atoms with Gasteiger partial charge in [0.05, 0.1) is 23.5 Å². The second kappa shape index (κ2) is 10.3. The van der Waals surface area contributed by atoms with Gasteiger partial charge in [-0.3, -0.25) is 16.0 Å². The van der Waals surface area contributed by atoms with Crippen LogP contribution in [0.25, 0.3) is 0 Å². The maximum Gasteiger partial charge on any atom is 0.114 e. The Kier molecular flexibility index (Phi) is 7.41. The van der Waals surface area contributed by atoms with Crippen LogP contribution in [0, 0.1) is 17.8 Å². The number of hydrogen-bond acceptors (Lipinski definition) is 6. The largest absolute Gasteiger partial charge is 0.376 e. The minimum Gasteiger partial charge on any atom is -0.376 e. The molecule has 0 aromatic heterocycles. The zero-order valence-electron chi connectivity index (χ0n) is 19.0. The molecule has 8 heteroatoms. The first-order valence-electron chi connectivity index (χ1n) is 12.8. The summed E-state index contributed by atoms with van der Waals surface area (Å²) in [7, 11) is 0. The Morgan fingerprint density at radius 1 is 1.09 bits per heavy atom. The van der Waals surface area contributed by atoms with E-state index in [0.717, 1.165) is 32.4 Å². The Bertz CT molecular complexity index is 723. The third-order valence-corrected chi connectivity index (χ3v) is 8.85. The molecule has 0 radical (unpaired) electrons. The third-order valence-electron chi connectivity index (χ3n) is 8.49. The van der Waals surface area contributed by atoms with E-state index >= 15 is 0 Å². The van der Waals surface area contributed by atoms with Crippen LogP contribution in [-0.4, -0.2) is 43.7 Å². The fourth-order valence-corrected chi connectivity index (χ4v) is 6.88. The van der Waals surface area contributed by atoms with Gasteiger partial charge in [-0.05, 0) is 75.9 Å². The number of piperidine rings is 1. The van der Waals surface area contributed by atoms with Gasteiger partial charge < -0.3 is 16.4 Å². The van der Waals surface area contributed by atoms with Crippen LogP contribution >= 0.6 is 11.6 Å². The van der Waals surface area contributed by atoms with Crippen LogP contribution < -0.4 is 32.3 Å². The van der Waals surface area contributed by atoms with Gasteiger partial charge >= 0.3 is 0 Å². The summed E-state index contributed by atoms with van der Waals surface area (Å²) < 4.78 is 13.9. The molecule has 0 aromatic carbocycles. The highest BCUT2D eigenvalue weighted by molar-refractivity contribution is 6.29. The second-order valence-electron chi connectivity index (χ2n) is 10.6. The van der Waals surface area contributed by atoms with Gasteiger partial charge in [-0.1, -0.05) is 17.2 Å². The van der Waals surface area contributed by atoms with Crippen molar-refractivity contribution in [2.24, 2.45) is 23.5 Å². The lowest BCUT2D eigenvalue weighted by molar-refractivity contribution is 0.0511. The molecular weight excluding hydrogens is 427 g/mol. The molecule has 0 aromatic rings. The van der Waals surface area contributed by atoms with Crippen molar-refractivity contribution in [3.8, 4) is 0 Å². The van der Waals surface area contributed by atoms with E-state index in [1.54, 1.807) is 0 Å². The molecule has 0 spiro atoms. The molecule has 0 amide bonds. The average Bonchev–Trinajstić information content (AvgIpc) is 2.82. The number of hydrogen-bond donors (Lipinski definition) is 6. The van der Waals surface area contributed by atoms with Gasteiger partial charge in [0.1, 0.15) is 5.83 Å². The first-order chi connectivity index (χ1) is 15.6. The van der Waals surface area contributed by atoms with Crippen molar-refractivity contribution >= 4 is 11.6 Å². The minimum absolute atomic E-state index is 0.0943. The van der Waals surface area contributed by atoms with Crippen molar-refractivity contribution < 1.29 is 4.39 Å². The lowest BCUT2D eigenvalue weighted by Crippen LogP contribution is -2.71. The van der Waals surface area contributed by atoms with Crippen molar-refractivity contribution in [2.45, 2.75) is 94.8 Å². The summed E-state index contributed by atoms with van der Waals surface area (Å²) in [5.41, 5.74) is 7.57. The molecule has 1 saturated carbocycles. The van der Waals surface area contributed by atoms with Crippen LogP contribution in [0.5, 0.6) is 0 Å². The molecule has 7 N–H and O–H groups in total. The maximum absolute atomic E-state index is 13.9. The maximum atomic E-state index is 13.9. The highest BCUT2D eigenvalue weighted by atomic mass is 35.5. The normalized spacial score (nSPS) is 43.3. The summed E-state index contributed by atoms with van der Waals surface area (Å²) in [6, 6.07) is 0.750. The molecule has 180 valence electrons. The quantitative estimate of drug-likeness (QED) is 0.382. The molecular formula is C24H40ClFN6. The average molecular weight is 467 g/mol. The van der Waals surface area contributed by atoms with E-state index in [2.05, 4.69) is 32.8 Å². The van der Waals surface area contributed by atoms with E-state index < -0.39 is 0 Å². The van der Waals surface area contributed by atoms with Gasteiger partial charge in [-0.25, -0.2) is 4.39 Å². The number of nitrogens with two attached hydrogens (primary N) is 1. The van der Waals surface area contributed by atoms with Gasteiger partial charge in [-0.15, -0.1) is 0 Å². The summed E-state index contributed by atoms with van der Waals surface area (Å²) in [6.45, 7) is 2.20. The minimum atomic E-state index is -0.125. The lowest BCUT2D eigenvalue weighted by Gasteiger charge is -2.51. The number of nitrogens with one attached hydrogen (secondary N) is 5. The van der Waals surface area contributed by atoms with Crippen LogP contribution in [0.4, 0.5) is 4.39 Å². The summed E-state index contributed by atoms with van der Waals surface area (Å²) in [4.78, 5) is 0. The smallest absolute Gasteiger partial charge is 0.114 e. The van der Waals surface area contributed by atoms with E-state index in [1.165, 1.54) is 37.7 Å². The van der Waals surface area contributed by atoms with Gasteiger partial charge in [0.2, 0.25) is 0 Å². The molecule has 8 unspecified atom stereocenters. The first kappa shape index (κ1) is 23.1. The number of fused-ring (bicyclic) bond motifs is 1. The van der Waals surface area contributed by atoms with E-state index in [1.807, 2.05) is 0 Å². The van der Waals surface area contributed by atoms with Crippen molar-refractivity contribution in [1.82, 2.24) is 26.6 Å². The van der Waals surface area contributed by atoms with E-state index in [-0.39, 0.29) is 24.2 Å². The van der Waals surface area contributed by atoms with E-state index in [0.29, 0.717) is 47.8 Å². The summed E-state index contributed by atoms with van der Waals surface area (Å²) in [6.07, 6.45) is 12.9. The van der Waals surface area contributed by atoms with Crippen LogP contribution in [0.15, 0.2) is 22.6 Å². The Hall–Kier alpha value is -0.700. The van der Waals surface area contributed by atoms with Crippen LogP contribution in [0.2, 0.25) is 0 Å². The molecule has 3 fully saturated rings. The molecule has 8 atom stereocenters. The van der Waals surface area contributed by atoms with E-state index in [4.69, 9.17) is 17.3 Å². The molecule has 5 rings (SSSR count). The van der Waals surface area contributed by atoms with Gasteiger partial charge in [0.15, 0.2) is 0 Å². The Morgan fingerprint density at radius 2 is 2.00 bits per heavy atom. The summed E-state index contributed by atoms with van der Waals surface area (Å²) in [5, 5.41) is 19.2. The van der Waals surface area contributed by atoms with Crippen LogP contribution in [-0.2, 0) is 0 Å². The number of allylic oxidation sites excluding steroid dienone is 2. The second-order valence-corrected chi connectivity index (χ2v) is 11.1. The molecule has 2 saturated heterocycles. The predicted octanol–water partition coefficient (Wildman–Crippen LogP) is 2.73. The van der Waals surface area contributed by atoms with Gasteiger partial charge in [-0.2, -0.15) is 0 Å². The molecule has 32 heavy (non-hydrogen) atoms. The van der Waals surface area contributed by atoms with Gasteiger partial charge in [0.25, 0.3) is 0 Å². The highest BCUT2D eigenvalue weighted by Crippen LogP contribution is 2.40. The highest BCUT2D eigenvalue weighted by Gasteiger charge is 2.44. The van der Waals surface area contributed by atoms with Crippen molar-refractivity contribution in [3.05, 3.63) is 22.6 Å². The predicted molar refractivity (Wildman–Crippen MR) is 127 cm³/mol.